The molecule has 0 N–H and O–H groups in total. The fraction of sp³-hybridized carbons (Fsp3) is 0.333. The molecule has 1 aliphatic heterocycles. The molecule has 0 spiro atoms. The van der Waals surface area contributed by atoms with Gasteiger partial charge in [-0.25, -0.2) is 18.2 Å². The molecule has 1 aromatic carbocycles. The minimum Gasteiger partial charge on any atom is -0.481 e. The summed E-state index contributed by atoms with van der Waals surface area (Å²) >= 11 is 0. The van der Waals surface area contributed by atoms with E-state index in [0.29, 0.717) is 12.3 Å². The Kier molecular flexibility index (Phi) is 6.74. The molecule has 1 atom stereocenters. The van der Waals surface area contributed by atoms with E-state index in [0.717, 1.165) is 11.1 Å². The number of hydrogen-bond donors (Lipinski definition) is 0. The van der Waals surface area contributed by atoms with Crippen LogP contribution in [0.25, 0.3) is 0 Å². The standard InChI is InChI=1S/C24H28N2O5S/c1-17-6-10-20(11-7-17)32(28,29)21-12-9-19(14-18-8-13-22(30-5)25-15-18)26(16-21)23(27)31-24(2,3)4/h6-13,15-16,19H,14H2,1-5H3. The predicted octanol–water partition coefficient (Wildman–Crippen LogP) is 4.43. The van der Waals surface area contributed by atoms with Crippen LogP contribution in [0.3, 0.4) is 0 Å². The van der Waals surface area contributed by atoms with Gasteiger partial charge in [0.2, 0.25) is 15.7 Å². The molecule has 1 aromatic heterocycles. The summed E-state index contributed by atoms with van der Waals surface area (Å²) in [6.45, 7) is 7.18. The molecule has 0 saturated carbocycles. The fourth-order valence-electron chi connectivity index (χ4n) is 3.15. The molecule has 0 radical (unpaired) electrons. The molecule has 2 aromatic rings. The molecule has 2 heterocycles. The van der Waals surface area contributed by atoms with Crippen molar-refractivity contribution in [1.82, 2.24) is 9.88 Å². The second-order valence-corrected chi connectivity index (χ2v) is 10.5. The summed E-state index contributed by atoms with van der Waals surface area (Å²) < 4.78 is 37.0. The minimum atomic E-state index is -3.80. The Hall–Kier alpha value is -3.13. The molecule has 8 heteroatoms. The van der Waals surface area contributed by atoms with E-state index < -0.39 is 27.6 Å². The average Bonchev–Trinajstić information content (AvgIpc) is 2.73. The quantitative estimate of drug-likeness (QED) is 0.662. The van der Waals surface area contributed by atoms with Gasteiger partial charge in [0.15, 0.2) is 0 Å². The van der Waals surface area contributed by atoms with Crippen LogP contribution in [0.5, 0.6) is 5.88 Å². The zero-order valence-corrected chi connectivity index (χ0v) is 19.7. The van der Waals surface area contributed by atoms with Crippen LogP contribution >= 0.6 is 0 Å². The SMILES string of the molecule is COc1ccc(CC2C=CC(S(=O)(=O)c3ccc(C)cc3)=CN2C(=O)OC(C)(C)C)cn1. The van der Waals surface area contributed by atoms with E-state index in [9.17, 15) is 13.2 Å². The molecule has 0 fully saturated rings. The maximum Gasteiger partial charge on any atom is 0.414 e. The molecule has 3 rings (SSSR count). The first-order valence-electron chi connectivity index (χ1n) is 10.2. The van der Waals surface area contributed by atoms with Crippen LogP contribution in [-0.4, -0.2) is 43.1 Å². The highest BCUT2D eigenvalue weighted by Gasteiger charge is 2.31. The zero-order chi connectivity index (χ0) is 23.5. The Labute approximate surface area is 189 Å². The summed E-state index contributed by atoms with van der Waals surface area (Å²) in [7, 11) is -2.26. The lowest BCUT2D eigenvalue weighted by Gasteiger charge is -2.32. The first kappa shape index (κ1) is 23.5. The van der Waals surface area contributed by atoms with E-state index in [1.165, 1.54) is 24.3 Å². The fourth-order valence-corrected chi connectivity index (χ4v) is 4.43. The Balaban J connectivity index is 1.94. The Morgan fingerprint density at radius 2 is 1.81 bits per heavy atom. The Morgan fingerprint density at radius 1 is 1.12 bits per heavy atom. The molecule has 32 heavy (non-hydrogen) atoms. The average molecular weight is 457 g/mol. The minimum absolute atomic E-state index is 0.0244. The first-order chi connectivity index (χ1) is 15.0. The van der Waals surface area contributed by atoms with Crippen LogP contribution in [0.15, 0.2) is 70.7 Å². The van der Waals surface area contributed by atoms with Gasteiger partial charge in [-0.3, -0.25) is 4.90 Å². The van der Waals surface area contributed by atoms with Crippen molar-refractivity contribution in [3.8, 4) is 5.88 Å². The van der Waals surface area contributed by atoms with Crippen LogP contribution in [-0.2, 0) is 21.0 Å². The van der Waals surface area contributed by atoms with Gasteiger partial charge in [-0.15, -0.1) is 0 Å². The predicted molar refractivity (Wildman–Crippen MR) is 122 cm³/mol. The summed E-state index contributed by atoms with van der Waals surface area (Å²) in [6.07, 6.45) is 6.08. The van der Waals surface area contributed by atoms with Crippen molar-refractivity contribution in [1.29, 1.82) is 0 Å². The highest BCUT2D eigenvalue weighted by atomic mass is 32.2. The maximum atomic E-state index is 13.2. The molecule has 1 unspecified atom stereocenters. The molecule has 1 aliphatic rings. The topological polar surface area (TPSA) is 85.8 Å². The van der Waals surface area contributed by atoms with E-state index in [-0.39, 0.29) is 9.80 Å². The smallest absolute Gasteiger partial charge is 0.414 e. The number of methoxy groups -OCH3 is 1. The third-order valence-corrected chi connectivity index (χ3v) is 6.56. The molecule has 0 bridgehead atoms. The van der Waals surface area contributed by atoms with Crippen LogP contribution in [0.1, 0.15) is 31.9 Å². The van der Waals surface area contributed by atoms with Gasteiger partial charge in [0, 0.05) is 18.5 Å². The third kappa shape index (κ3) is 5.56. The summed E-state index contributed by atoms with van der Waals surface area (Å²) in [5.74, 6) is 0.489. The summed E-state index contributed by atoms with van der Waals surface area (Å²) in [5, 5.41) is 0. The van der Waals surface area contributed by atoms with Gasteiger partial charge < -0.3 is 9.47 Å². The third-order valence-electron chi connectivity index (χ3n) is 4.80. The van der Waals surface area contributed by atoms with Crippen molar-refractivity contribution < 1.29 is 22.7 Å². The number of nitrogens with zero attached hydrogens (tertiary/aromatic N) is 2. The Morgan fingerprint density at radius 3 is 2.38 bits per heavy atom. The number of amides is 1. The van der Waals surface area contributed by atoms with E-state index in [4.69, 9.17) is 9.47 Å². The number of carbonyl (C=O) groups excluding carboxylic acids is 1. The van der Waals surface area contributed by atoms with Gasteiger partial charge in [-0.1, -0.05) is 29.8 Å². The maximum absolute atomic E-state index is 13.2. The number of aromatic nitrogens is 1. The van der Waals surface area contributed by atoms with E-state index >= 15 is 0 Å². The van der Waals surface area contributed by atoms with Crippen molar-refractivity contribution in [3.63, 3.8) is 0 Å². The van der Waals surface area contributed by atoms with Crippen LogP contribution < -0.4 is 4.74 Å². The number of allylic oxidation sites excluding steroid dienone is 1. The number of rotatable bonds is 5. The van der Waals surface area contributed by atoms with Crippen LogP contribution in [0.4, 0.5) is 4.79 Å². The van der Waals surface area contributed by atoms with Gasteiger partial charge in [-0.2, -0.15) is 0 Å². The first-order valence-corrected chi connectivity index (χ1v) is 11.7. The molecule has 0 aliphatic carbocycles. The number of ether oxygens (including phenoxy) is 2. The number of hydrogen-bond acceptors (Lipinski definition) is 6. The second kappa shape index (κ2) is 9.16. The van der Waals surface area contributed by atoms with Crippen molar-refractivity contribution in [2.45, 2.75) is 50.7 Å². The zero-order valence-electron chi connectivity index (χ0n) is 18.9. The number of carbonyl (C=O) groups is 1. The lowest BCUT2D eigenvalue weighted by Crippen LogP contribution is -2.42. The Bertz CT molecular complexity index is 1130. The number of benzene rings is 1. The largest absolute Gasteiger partial charge is 0.481 e. The summed E-state index contributed by atoms with van der Waals surface area (Å²) in [5.41, 5.74) is 1.10. The molecule has 170 valence electrons. The van der Waals surface area contributed by atoms with Gasteiger partial charge in [-0.05, 0) is 57.9 Å². The second-order valence-electron chi connectivity index (χ2n) is 8.57. The molecule has 7 nitrogen and oxygen atoms in total. The normalized spacial score (nSPS) is 16.5. The highest BCUT2D eigenvalue weighted by molar-refractivity contribution is 7.95. The lowest BCUT2D eigenvalue weighted by molar-refractivity contribution is 0.0294. The van der Waals surface area contributed by atoms with Gasteiger partial charge in [0.25, 0.3) is 0 Å². The number of pyridine rings is 1. The van der Waals surface area contributed by atoms with Gasteiger partial charge >= 0.3 is 6.09 Å². The van der Waals surface area contributed by atoms with E-state index in [2.05, 4.69) is 4.98 Å². The number of sulfone groups is 1. The monoisotopic (exact) mass is 456 g/mol. The highest BCUT2D eigenvalue weighted by Crippen LogP contribution is 2.27. The van der Waals surface area contributed by atoms with Crippen LogP contribution in [0, 0.1) is 6.92 Å². The summed E-state index contributed by atoms with van der Waals surface area (Å²) in [6, 6.07) is 9.77. The van der Waals surface area contributed by atoms with Crippen molar-refractivity contribution in [2.75, 3.05) is 7.11 Å². The van der Waals surface area contributed by atoms with Gasteiger partial charge in [0.1, 0.15) is 5.60 Å². The van der Waals surface area contributed by atoms with Crippen molar-refractivity contribution in [2.24, 2.45) is 0 Å². The molecule has 0 saturated heterocycles. The van der Waals surface area contributed by atoms with Gasteiger partial charge in [0.05, 0.1) is 23.0 Å². The van der Waals surface area contributed by atoms with Crippen molar-refractivity contribution in [3.05, 3.63) is 77.0 Å². The van der Waals surface area contributed by atoms with Crippen molar-refractivity contribution >= 4 is 15.9 Å². The van der Waals surface area contributed by atoms with Crippen LogP contribution in [0.2, 0.25) is 0 Å². The molecular formula is C24H28N2O5S. The lowest BCUT2D eigenvalue weighted by atomic mass is 10.0. The van der Waals surface area contributed by atoms with E-state index in [1.54, 1.807) is 63.4 Å². The number of aryl methyl sites for hydroxylation is 1. The van der Waals surface area contributed by atoms with E-state index in [1.807, 2.05) is 13.0 Å². The molecule has 1 amide bonds. The molecular weight excluding hydrogens is 428 g/mol. The summed E-state index contributed by atoms with van der Waals surface area (Å²) in [4.78, 5) is 18.7.